The first-order valence-electron chi connectivity index (χ1n) is 7.12. The van der Waals surface area contributed by atoms with Crippen LogP contribution in [0.2, 0.25) is 0 Å². The molecule has 0 spiro atoms. The minimum Gasteiger partial charge on any atom is -0.496 e. The molecule has 1 aliphatic carbocycles. The molecule has 1 aliphatic rings. The lowest BCUT2D eigenvalue weighted by molar-refractivity contribution is 0.402. The topological polar surface area (TPSA) is 18.5 Å². The zero-order valence-corrected chi connectivity index (χ0v) is 12.3. The van der Waals surface area contributed by atoms with Crippen molar-refractivity contribution < 1.29 is 9.47 Å². The van der Waals surface area contributed by atoms with Crippen LogP contribution in [-0.4, -0.2) is 14.2 Å². The van der Waals surface area contributed by atoms with Gasteiger partial charge in [-0.2, -0.15) is 0 Å². The summed E-state index contributed by atoms with van der Waals surface area (Å²) in [5.74, 6) is 2.01. The Morgan fingerprint density at radius 1 is 0.950 bits per heavy atom. The molecular weight excluding hydrogens is 248 g/mol. The number of methoxy groups -OCH3 is 2. The molecule has 2 aromatic rings. The van der Waals surface area contributed by atoms with E-state index in [0.717, 1.165) is 41.5 Å². The van der Waals surface area contributed by atoms with Gasteiger partial charge in [-0.15, -0.1) is 0 Å². The fraction of sp³-hybridized carbons (Fsp3) is 0.333. The molecular formula is C18H20O2. The highest BCUT2D eigenvalue weighted by Gasteiger charge is 2.22. The minimum atomic E-state index is 0.933. The SMILES string of the molecule is CCC1=CCc2c(c(OC)c3ccccc3c2OC)C1. The maximum atomic E-state index is 5.74. The summed E-state index contributed by atoms with van der Waals surface area (Å²) < 4.78 is 11.4. The number of hydrogen-bond acceptors (Lipinski definition) is 2. The van der Waals surface area contributed by atoms with Crippen molar-refractivity contribution in [2.45, 2.75) is 26.2 Å². The predicted molar refractivity (Wildman–Crippen MR) is 82.8 cm³/mol. The number of rotatable bonds is 3. The van der Waals surface area contributed by atoms with Crippen molar-refractivity contribution in [2.75, 3.05) is 14.2 Å². The van der Waals surface area contributed by atoms with E-state index in [9.17, 15) is 0 Å². The van der Waals surface area contributed by atoms with Gasteiger partial charge in [0.25, 0.3) is 0 Å². The van der Waals surface area contributed by atoms with Gasteiger partial charge < -0.3 is 9.47 Å². The summed E-state index contributed by atoms with van der Waals surface area (Å²) in [5, 5.41) is 2.28. The number of fused-ring (bicyclic) bond motifs is 2. The van der Waals surface area contributed by atoms with Gasteiger partial charge in [-0.25, -0.2) is 0 Å². The molecule has 0 aliphatic heterocycles. The van der Waals surface area contributed by atoms with E-state index in [1.54, 1.807) is 14.2 Å². The molecule has 0 saturated carbocycles. The third-order valence-corrected chi connectivity index (χ3v) is 4.19. The fourth-order valence-corrected chi connectivity index (χ4v) is 3.16. The second-order valence-electron chi connectivity index (χ2n) is 5.17. The Labute approximate surface area is 120 Å². The van der Waals surface area contributed by atoms with Gasteiger partial charge in [-0.3, -0.25) is 0 Å². The molecule has 20 heavy (non-hydrogen) atoms. The smallest absolute Gasteiger partial charge is 0.130 e. The first kappa shape index (κ1) is 13.0. The van der Waals surface area contributed by atoms with Crippen molar-refractivity contribution in [3.63, 3.8) is 0 Å². The molecule has 0 heterocycles. The van der Waals surface area contributed by atoms with Gasteiger partial charge in [0.05, 0.1) is 14.2 Å². The highest BCUT2D eigenvalue weighted by Crippen LogP contribution is 2.43. The zero-order valence-electron chi connectivity index (χ0n) is 12.3. The van der Waals surface area contributed by atoms with Crippen LogP contribution in [0.3, 0.4) is 0 Å². The minimum absolute atomic E-state index is 0.933. The second-order valence-corrected chi connectivity index (χ2v) is 5.17. The number of ether oxygens (including phenoxy) is 2. The highest BCUT2D eigenvalue weighted by atomic mass is 16.5. The van der Waals surface area contributed by atoms with Crippen LogP contribution >= 0.6 is 0 Å². The summed E-state index contributed by atoms with van der Waals surface area (Å²) in [4.78, 5) is 0. The molecule has 2 nitrogen and oxygen atoms in total. The predicted octanol–water partition coefficient (Wildman–Crippen LogP) is 4.29. The average molecular weight is 268 g/mol. The summed E-state index contributed by atoms with van der Waals surface area (Å²) in [7, 11) is 3.52. The Morgan fingerprint density at radius 2 is 1.55 bits per heavy atom. The van der Waals surface area contributed by atoms with Gasteiger partial charge >= 0.3 is 0 Å². The Kier molecular flexibility index (Phi) is 3.39. The van der Waals surface area contributed by atoms with Crippen LogP contribution in [-0.2, 0) is 12.8 Å². The Bertz CT molecular complexity index is 683. The highest BCUT2D eigenvalue weighted by molar-refractivity contribution is 5.96. The summed E-state index contributed by atoms with van der Waals surface area (Å²) in [6.45, 7) is 2.21. The average Bonchev–Trinajstić information content (AvgIpc) is 2.51. The molecule has 3 rings (SSSR count). The number of allylic oxidation sites excluding steroid dienone is 2. The molecule has 0 amide bonds. The van der Waals surface area contributed by atoms with Crippen molar-refractivity contribution in [1.82, 2.24) is 0 Å². The molecule has 0 unspecified atom stereocenters. The van der Waals surface area contributed by atoms with Crippen LogP contribution in [0.5, 0.6) is 11.5 Å². The maximum Gasteiger partial charge on any atom is 0.130 e. The van der Waals surface area contributed by atoms with Gasteiger partial charge in [-0.05, 0) is 19.3 Å². The lowest BCUT2D eigenvalue weighted by atomic mass is 9.86. The standard InChI is InChI=1S/C18H20O2/c1-4-12-9-10-15-16(11-12)18(20-3)14-8-6-5-7-13(14)17(15)19-2/h5-9H,4,10-11H2,1-3H3. The summed E-state index contributed by atoms with van der Waals surface area (Å²) in [5.41, 5.74) is 4.05. The number of benzene rings is 2. The van der Waals surface area contributed by atoms with E-state index >= 15 is 0 Å². The molecule has 104 valence electrons. The van der Waals surface area contributed by atoms with Gasteiger partial charge in [0, 0.05) is 21.9 Å². The lowest BCUT2D eigenvalue weighted by Crippen LogP contribution is -2.08. The molecule has 2 aromatic carbocycles. The first-order valence-corrected chi connectivity index (χ1v) is 7.12. The van der Waals surface area contributed by atoms with E-state index in [-0.39, 0.29) is 0 Å². The maximum absolute atomic E-state index is 5.74. The number of hydrogen-bond donors (Lipinski definition) is 0. The summed E-state index contributed by atoms with van der Waals surface area (Å²) in [6.07, 6.45) is 5.33. The van der Waals surface area contributed by atoms with Crippen molar-refractivity contribution in [3.8, 4) is 11.5 Å². The van der Waals surface area contributed by atoms with E-state index in [1.807, 2.05) is 6.07 Å². The van der Waals surface area contributed by atoms with Gasteiger partial charge in [-0.1, -0.05) is 42.8 Å². The van der Waals surface area contributed by atoms with Gasteiger partial charge in [0.15, 0.2) is 0 Å². The molecule has 0 atom stereocenters. The molecule has 2 heteroatoms. The molecule has 0 N–H and O–H groups in total. The van der Waals surface area contributed by atoms with Crippen LogP contribution < -0.4 is 9.47 Å². The van der Waals surface area contributed by atoms with E-state index in [4.69, 9.17) is 9.47 Å². The Balaban J connectivity index is 2.34. The molecule has 0 saturated heterocycles. The van der Waals surface area contributed by atoms with E-state index < -0.39 is 0 Å². The van der Waals surface area contributed by atoms with Gasteiger partial charge in [0.2, 0.25) is 0 Å². The molecule has 0 radical (unpaired) electrons. The second kappa shape index (κ2) is 5.20. The monoisotopic (exact) mass is 268 g/mol. The van der Waals surface area contributed by atoms with Crippen LogP contribution in [0.15, 0.2) is 35.9 Å². The van der Waals surface area contributed by atoms with E-state index in [1.165, 1.54) is 16.7 Å². The van der Waals surface area contributed by atoms with Crippen LogP contribution in [0.25, 0.3) is 10.8 Å². The lowest BCUT2D eigenvalue weighted by Gasteiger charge is -2.24. The zero-order chi connectivity index (χ0) is 14.1. The van der Waals surface area contributed by atoms with Crippen molar-refractivity contribution in [1.29, 1.82) is 0 Å². The van der Waals surface area contributed by atoms with Gasteiger partial charge in [0.1, 0.15) is 11.5 Å². The molecule has 0 aromatic heterocycles. The van der Waals surface area contributed by atoms with E-state index in [0.29, 0.717) is 0 Å². The van der Waals surface area contributed by atoms with Crippen LogP contribution in [0.4, 0.5) is 0 Å². The largest absolute Gasteiger partial charge is 0.496 e. The van der Waals surface area contributed by atoms with Crippen LogP contribution in [0.1, 0.15) is 24.5 Å². The quantitative estimate of drug-likeness (QED) is 0.773. The Hall–Kier alpha value is -1.96. The van der Waals surface area contributed by atoms with Crippen molar-refractivity contribution in [2.24, 2.45) is 0 Å². The third kappa shape index (κ3) is 1.87. The summed E-state index contributed by atoms with van der Waals surface area (Å²) in [6, 6.07) is 8.32. The third-order valence-electron chi connectivity index (χ3n) is 4.19. The Morgan fingerprint density at radius 3 is 2.10 bits per heavy atom. The molecule has 0 fully saturated rings. The summed E-state index contributed by atoms with van der Waals surface area (Å²) >= 11 is 0. The van der Waals surface area contributed by atoms with Crippen molar-refractivity contribution in [3.05, 3.63) is 47.0 Å². The van der Waals surface area contributed by atoms with Crippen molar-refractivity contribution >= 4 is 10.8 Å². The normalized spacial score (nSPS) is 13.8. The fourth-order valence-electron chi connectivity index (χ4n) is 3.16. The molecule has 0 bridgehead atoms. The first-order chi connectivity index (χ1) is 9.80. The van der Waals surface area contributed by atoms with Crippen LogP contribution in [0, 0.1) is 0 Å². The van der Waals surface area contributed by atoms with E-state index in [2.05, 4.69) is 31.2 Å².